The molecule has 17 atom stereocenters. The van der Waals surface area contributed by atoms with Crippen molar-refractivity contribution in [2.45, 2.75) is 362 Å². The molecule has 0 spiro atoms. The summed E-state index contributed by atoms with van der Waals surface area (Å²) in [5.74, 6) is -0.291. The third-order valence-electron chi connectivity index (χ3n) is 17.4. The lowest BCUT2D eigenvalue weighted by Crippen LogP contribution is -2.66. The number of hydrogen-bond acceptors (Lipinski definition) is 18. The highest BCUT2D eigenvalue weighted by atomic mass is 16.8. The standard InChI is InChI=1S/C68H125NO18/c1-3-5-7-9-11-13-15-16-17-18-19-20-21-22-23-24-25-26-27-28-29-30-31-32-33-34-35-36-37-39-41-43-45-52(73)51(69-56(74)46-44-42-40-38-14-12-10-8-6-4-2)50-82-66-62(80)59(77)64(54(48-71)84-66)87-68-63(81)60(78)65(55(49-72)85-68)86-67-61(79)58(76)57(75)53(47-70)83-67/h32-33,36-37,43,45,51-55,57-68,70-73,75-81H,3-31,34-35,38-42,44,46-50H2,1-2H3,(H,69,74)/b33-32+,37-36+,45-43+. The van der Waals surface area contributed by atoms with E-state index in [2.05, 4.69) is 43.5 Å². The molecule has 0 bridgehead atoms. The summed E-state index contributed by atoms with van der Waals surface area (Å²) >= 11 is 0. The second-order valence-electron chi connectivity index (χ2n) is 25.0. The number of nitrogens with one attached hydrogen (secondary N) is 1. The second kappa shape index (κ2) is 50.6. The van der Waals surface area contributed by atoms with Gasteiger partial charge in [0.15, 0.2) is 18.9 Å². The lowest BCUT2D eigenvalue weighted by Gasteiger charge is -2.48. The summed E-state index contributed by atoms with van der Waals surface area (Å²) in [4.78, 5) is 13.3. The smallest absolute Gasteiger partial charge is 0.220 e. The molecule has 3 fully saturated rings. The fourth-order valence-corrected chi connectivity index (χ4v) is 11.8. The number of rotatable bonds is 53. The number of carbonyl (C=O) groups is 1. The van der Waals surface area contributed by atoms with Gasteiger partial charge in [0.25, 0.3) is 0 Å². The van der Waals surface area contributed by atoms with Gasteiger partial charge in [-0.15, -0.1) is 0 Å². The van der Waals surface area contributed by atoms with Crippen LogP contribution >= 0.6 is 0 Å². The highest BCUT2D eigenvalue weighted by Gasteiger charge is 2.53. The van der Waals surface area contributed by atoms with Crippen LogP contribution in [0.4, 0.5) is 0 Å². The van der Waals surface area contributed by atoms with Crippen molar-refractivity contribution in [2.75, 3.05) is 26.4 Å². The zero-order valence-corrected chi connectivity index (χ0v) is 53.8. The van der Waals surface area contributed by atoms with Crippen LogP contribution in [0.2, 0.25) is 0 Å². The van der Waals surface area contributed by atoms with Gasteiger partial charge in [0.2, 0.25) is 5.91 Å². The van der Waals surface area contributed by atoms with Crippen molar-refractivity contribution in [3.05, 3.63) is 36.5 Å². The van der Waals surface area contributed by atoms with Gasteiger partial charge >= 0.3 is 0 Å². The summed E-state index contributed by atoms with van der Waals surface area (Å²) < 4.78 is 34.2. The van der Waals surface area contributed by atoms with Crippen LogP contribution in [0.3, 0.4) is 0 Å². The first-order valence-corrected chi connectivity index (χ1v) is 34.7. The van der Waals surface area contributed by atoms with E-state index >= 15 is 0 Å². The zero-order valence-electron chi connectivity index (χ0n) is 53.8. The van der Waals surface area contributed by atoms with Gasteiger partial charge in [-0.25, -0.2) is 0 Å². The maximum absolute atomic E-state index is 13.3. The third-order valence-corrected chi connectivity index (χ3v) is 17.4. The van der Waals surface area contributed by atoms with E-state index in [0.29, 0.717) is 12.8 Å². The van der Waals surface area contributed by atoms with Gasteiger partial charge in [-0.05, 0) is 44.9 Å². The number of aliphatic hydroxyl groups excluding tert-OH is 11. The molecule has 12 N–H and O–H groups in total. The summed E-state index contributed by atoms with van der Waals surface area (Å²) in [6.45, 7) is 1.69. The predicted octanol–water partition coefficient (Wildman–Crippen LogP) is 8.83. The molecule has 0 aromatic carbocycles. The minimum atomic E-state index is -1.98. The molecule has 0 aromatic rings. The molecule has 1 amide bonds. The highest BCUT2D eigenvalue weighted by Crippen LogP contribution is 2.33. The van der Waals surface area contributed by atoms with Crippen LogP contribution in [0.25, 0.3) is 0 Å². The summed E-state index contributed by atoms with van der Waals surface area (Å²) in [5.41, 5.74) is 0. The van der Waals surface area contributed by atoms with E-state index in [1.54, 1.807) is 6.08 Å². The van der Waals surface area contributed by atoms with E-state index in [1.165, 1.54) is 180 Å². The average molecular weight is 1240 g/mol. The maximum atomic E-state index is 13.3. The molecule has 17 unspecified atom stereocenters. The molecule has 3 aliphatic heterocycles. The van der Waals surface area contributed by atoms with E-state index in [9.17, 15) is 61.0 Å². The van der Waals surface area contributed by atoms with Gasteiger partial charge in [-0.3, -0.25) is 4.79 Å². The van der Waals surface area contributed by atoms with E-state index < -0.39 is 124 Å². The molecule has 3 aliphatic rings. The Labute approximate surface area is 523 Å². The SMILES string of the molecule is CCCCCCCCCCCCCCCCCCCCCCCC/C=C/CC/C=C/CC/C=C/C(O)C(COC1OC(CO)C(OC2OC(CO)C(OC3OC(CO)C(O)C(O)C3O)C(O)C2O)C(O)C1O)NC(=O)CCCCCCCCCCCC. The summed E-state index contributed by atoms with van der Waals surface area (Å²) in [6.07, 6.45) is 31.7. The minimum absolute atomic E-state index is 0.234. The molecule has 19 nitrogen and oxygen atoms in total. The van der Waals surface area contributed by atoms with E-state index in [4.69, 9.17) is 28.4 Å². The van der Waals surface area contributed by atoms with Crippen molar-refractivity contribution < 1.29 is 89.4 Å². The summed E-state index contributed by atoms with van der Waals surface area (Å²) in [5, 5.41) is 120. The minimum Gasteiger partial charge on any atom is -0.394 e. The Kier molecular flexibility index (Phi) is 46.0. The van der Waals surface area contributed by atoms with Crippen molar-refractivity contribution in [1.82, 2.24) is 5.32 Å². The average Bonchev–Trinajstić information content (AvgIpc) is 2.57. The quantitative estimate of drug-likeness (QED) is 0.0200. The van der Waals surface area contributed by atoms with Crippen molar-refractivity contribution >= 4 is 5.91 Å². The monoisotopic (exact) mass is 1240 g/mol. The van der Waals surface area contributed by atoms with Gasteiger partial charge in [0.1, 0.15) is 73.2 Å². The van der Waals surface area contributed by atoms with E-state index in [1.807, 2.05) is 6.08 Å². The normalized spacial score (nSPS) is 28.8. The molecular weight excluding hydrogens is 1120 g/mol. The Morgan fingerprint density at radius 3 is 1.15 bits per heavy atom. The van der Waals surface area contributed by atoms with Crippen LogP contribution in [0.5, 0.6) is 0 Å². The molecule has 0 aromatic heterocycles. The van der Waals surface area contributed by atoms with Crippen molar-refractivity contribution in [3.63, 3.8) is 0 Å². The van der Waals surface area contributed by atoms with Crippen molar-refractivity contribution in [1.29, 1.82) is 0 Å². The number of ether oxygens (including phenoxy) is 6. The van der Waals surface area contributed by atoms with Gasteiger partial charge in [-0.2, -0.15) is 0 Å². The molecule has 3 saturated heterocycles. The third kappa shape index (κ3) is 32.9. The van der Waals surface area contributed by atoms with E-state index in [-0.39, 0.29) is 18.9 Å². The lowest BCUT2D eigenvalue weighted by molar-refractivity contribution is -0.379. The Morgan fingerprint density at radius 1 is 0.402 bits per heavy atom. The molecule has 3 heterocycles. The van der Waals surface area contributed by atoms with Crippen LogP contribution < -0.4 is 5.32 Å². The Balaban J connectivity index is 1.38. The van der Waals surface area contributed by atoms with Gasteiger partial charge in [0.05, 0.1) is 38.6 Å². The van der Waals surface area contributed by atoms with Gasteiger partial charge in [-0.1, -0.05) is 243 Å². The first kappa shape index (κ1) is 79.2. The summed E-state index contributed by atoms with van der Waals surface area (Å²) in [6, 6.07) is -0.993. The van der Waals surface area contributed by atoms with E-state index in [0.717, 1.165) is 44.9 Å². The first-order chi connectivity index (χ1) is 42.3. The lowest BCUT2D eigenvalue weighted by atomic mass is 9.96. The second-order valence-corrected chi connectivity index (χ2v) is 25.0. The molecule has 0 saturated carbocycles. The van der Waals surface area contributed by atoms with Crippen LogP contribution in [0.1, 0.15) is 258 Å². The zero-order chi connectivity index (χ0) is 63.3. The number of aliphatic hydroxyl groups is 11. The molecular formula is C68H125NO18. The van der Waals surface area contributed by atoms with Crippen molar-refractivity contribution in [3.8, 4) is 0 Å². The van der Waals surface area contributed by atoms with Gasteiger partial charge in [0, 0.05) is 6.42 Å². The largest absolute Gasteiger partial charge is 0.394 e. The maximum Gasteiger partial charge on any atom is 0.220 e. The first-order valence-electron chi connectivity index (χ1n) is 34.7. The molecule has 510 valence electrons. The molecule has 87 heavy (non-hydrogen) atoms. The van der Waals surface area contributed by atoms with Crippen LogP contribution in [-0.2, 0) is 33.2 Å². The molecule has 19 heteroatoms. The molecule has 3 rings (SSSR count). The molecule has 0 aliphatic carbocycles. The fourth-order valence-electron chi connectivity index (χ4n) is 11.8. The van der Waals surface area contributed by atoms with Crippen LogP contribution in [0.15, 0.2) is 36.5 Å². The highest BCUT2D eigenvalue weighted by molar-refractivity contribution is 5.76. The number of allylic oxidation sites excluding steroid dienone is 5. The Morgan fingerprint density at radius 2 is 0.736 bits per heavy atom. The topological polar surface area (TPSA) is 307 Å². The fraction of sp³-hybridized carbons (Fsp3) is 0.897. The van der Waals surface area contributed by atoms with Crippen LogP contribution in [-0.4, -0.2) is 193 Å². The number of hydrogen-bond donors (Lipinski definition) is 12. The number of carbonyl (C=O) groups excluding carboxylic acids is 1. The van der Waals surface area contributed by atoms with Gasteiger partial charge < -0.3 is 89.9 Å². The Hall–Kier alpha value is -1.99. The number of unbranched alkanes of at least 4 members (excludes halogenated alkanes) is 33. The van der Waals surface area contributed by atoms with Crippen LogP contribution in [0, 0.1) is 0 Å². The van der Waals surface area contributed by atoms with Crippen molar-refractivity contribution in [2.24, 2.45) is 0 Å². The Bertz CT molecular complexity index is 1720. The number of amides is 1. The molecule has 0 radical (unpaired) electrons. The summed E-state index contributed by atoms with van der Waals surface area (Å²) in [7, 11) is 0. The predicted molar refractivity (Wildman–Crippen MR) is 337 cm³/mol.